The summed E-state index contributed by atoms with van der Waals surface area (Å²) in [4.78, 5) is 17.1. The van der Waals surface area contributed by atoms with Gasteiger partial charge in [-0.2, -0.15) is 0 Å². The van der Waals surface area contributed by atoms with Gasteiger partial charge in [0.2, 0.25) is 0 Å². The van der Waals surface area contributed by atoms with Crippen molar-refractivity contribution in [3.63, 3.8) is 0 Å². The van der Waals surface area contributed by atoms with Crippen molar-refractivity contribution in [1.82, 2.24) is 15.1 Å². The third-order valence-electron chi connectivity index (χ3n) is 5.31. The van der Waals surface area contributed by atoms with Crippen LogP contribution >= 0.6 is 0 Å². The summed E-state index contributed by atoms with van der Waals surface area (Å²) in [7, 11) is 0. The van der Waals surface area contributed by atoms with Crippen molar-refractivity contribution in [2.75, 3.05) is 19.6 Å². The Labute approximate surface area is 151 Å². The van der Waals surface area contributed by atoms with E-state index in [2.05, 4.69) is 31.0 Å². The highest BCUT2D eigenvalue weighted by molar-refractivity contribution is 5.75. The minimum atomic E-state index is 0.0461. The summed E-state index contributed by atoms with van der Waals surface area (Å²) in [5.41, 5.74) is 1.26. The van der Waals surface area contributed by atoms with Crippen LogP contribution in [0.25, 0.3) is 0 Å². The van der Waals surface area contributed by atoms with E-state index in [1.807, 2.05) is 17.0 Å². The molecule has 2 N–H and O–H groups in total. The SMILES string of the molecule is CC(C)(C)N1CCC(CNC(=O)N(Cc2ccc(O)cc2)C2CC2)C1. The smallest absolute Gasteiger partial charge is 0.317 e. The van der Waals surface area contributed by atoms with Gasteiger partial charge in [-0.05, 0) is 70.2 Å². The highest BCUT2D eigenvalue weighted by atomic mass is 16.3. The molecule has 138 valence electrons. The fourth-order valence-corrected chi connectivity index (χ4v) is 3.49. The minimum Gasteiger partial charge on any atom is -0.508 e. The normalized spacial score (nSPS) is 21.3. The second-order valence-corrected chi connectivity index (χ2v) is 8.48. The largest absolute Gasteiger partial charge is 0.508 e. The molecule has 2 amide bonds. The summed E-state index contributed by atoms with van der Waals surface area (Å²) < 4.78 is 0. The molecule has 1 atom stereocenters. The first-order valence-electron chi connectivity index (χ1n) is 9.40. The fourth-order valence-electron chi connectivity index (χ4n) is 3.49. The molecule has 1 saturated heterocycles. The first-order chi connectivity index (χ1) is 11.8. The van der Waals surface area contributed by atoms with Gasteiger partial charge in [-0.1, -0.05) is 12.1 Å². The molecule has 0 aromatic heterocycles. The maximum atomic E-state index is 12.7. The van der Waals surface area contributed by atoms with Crippen molar-refractivity contribution in [2.24, 2.45) is 5.92 Å². The van der Waals surface area contributed by atoms with Gasteiger partial charge in [-0.3, -0.25) is 4.90 Å². The number of carbonyl (C=O) groups is 1. The number of hydrogen-bond acceptors (Lipinski definition) is 3. The molecule has 1 heterocycles. The standard InChI is InChI=1S/C20H31N3O2/c1-20(2,3)22-11-10-16(13-22)12-21-19(25)23(17-6-7-17)14-15-4-8-18(24)9-5-15/h4-5,8-9,16-17,24H,6-7,10-14H2,1-3H3,(H,21,25). The van der Waals surface area contributed by atoms with Crippen molar-refractivity contribution in [3.05, 3.63) is 29.8 Å². The van der Waals surface area contributed by atoms with Gasteiger partial charge in [0.15, 0.2) is 0 Å². The third kappa shape index (κ3) is 4.88. The number of rotatable bonds is 5. The maximum Gasteiger partial charge on any atom is 0.317 e. The Kier molecular flexibility index (Phi) is 5.23. The van der Waals surface area contributed by atoms with Crippen molar-refractivity contribution in [2.45, 2.75) is 58.2 Å². The number of amides is 2. The lowest BCUT2D eigenvalue weighted by Crippen LogP contribution is -2.44. The first-order valence-corrected chi connectivity index (χ1v) is 9.40. The van der Waals surface area contributed by atoms with Gasteiger partial charge < -0.3 is 15.3 Å². The highest BCUT2D eigenvalue weighted by Gasteiger charge is 2.34. The molecular weight excluding hydrogens is 314 g/mol. The maximum absolute atomic E-state index is 12.7. The Morgan fingerprint density at radius 3 is 2.48 bits per heavy atom. The van der Waals surface area contributed by atoms with Gasteiger partial charge in [-0.15, -0.1) is 0 Å². The van der Waals surface area contributed by atoms with Crippen LogP contribution in [0.1, 0.15) is 45.6 Å². The Hall–Kier alpha value is -1.75. The summed E-state index contributed by atoms with van der Waals surface area (Å²) in [5.74, 6) is 0.800. The van der Waals surface area contributed by atoms with Gasteiger partial charge in [0.1, 0.15) is 5.75 Å². The Morgan fingerprint density at radius 1 is 1.24 bits per heavy atom. The van der Waals surface area contributed by atoms with E-state index in [9.17, 15) is 9.90 Å². The number of aromatic hydroxyl groups is 1. The summed E-state index contributed by atoms with van der Waals surface area (Å²) in [6.45, 7) is 10.3. The van der Waals surface area contributed by atoms with E-state index in [1.54, 1.807) is 12.1 Å². The number of nitrogens with one attached hydrogen (secondary N) is 1. The number of phenolic OH excluding ortho intramolecular Hbond substituents is 1. The van der Waals surface area contributed by atoms with Crippen molar-refractivity contribution in [3.8, 4) is 5.75 Å². The van der Waals surface area contributed by atoms with E-state index in [-0.39, 0.29) is 17.3 Å². The molecule has 3 rings (SSSR count). The van der Waals surface area contributed by atoms with E-state index < -0.39 is 0 Å². The molecule has 1 saturated carbocycles. The van der Waals surface area contributed by atoms with Crippen LogP contribution in [-0.2, 0) is 6.54 Å². The molecule has 2 fully saturated rings. The predicted molar refractivity (Wildman–Crippen MR) is 99.5 cm³/mol. The second-order valence-electron chi connectivity index (χ2n) is 8.48. The molecule has 25 heavy (non-hydrogen) atoms. The molecule has 0 radical (unpaired) electrons. The molecule has 2 aliphatic rings. The number of phenols is 1. The molecule has 1 unspecified atom stereocenters. The van der Waals surface area contributed by atoms with Crippen LogP contribution in [0.4, 0.5) is 4.79 Å². The molecule has 1 aromatic rings. The van der Waals surface area contributed by atoms with Gasteiger partial charge in [0, 0.05) is 31.2 Å². The van der Waals surface area contributed by atoms with Crippen LogP contribution in [0.3, 0.4) is 0 Å². The van der Waals surface area contributed by atoms with Crippen LogP contribution in [0.2, 0.25) is 0 Å². The van der Waals surface area contributed by atoms with Gasteiger partial charge in [0.05, 0.1) is 0 Å². The van der Waals surface area contributed by atoms with E-state index in [1.165, 1.54) is 0 Å². The third-order valence-corrected chi connectivity index (χ3v) is 5.31. The first kappa shape index (κ1) is 18.1. The van der Waals surface area contributed by atoms with Crippen LogP contribution in [0, 0.1) is 5.92 Å². The quantitative estimate of drug-likeness (QED) is 0.862. The highest BCUT2D eigenvalue weighted by Crippen LogP contribution is 2.29. The Balaban J connectivity index is 1.51. The zero-order chi connectivity index (χ0) is 18.0. The lowest BCUT2D eigenvalue weighted by Gasteiger charge is -2.31. The van der Waals surface area contributed by atoms with Crippen LogP contribution < -0.4 is 5.32 Å². The summed E-state index contributed by atoms with van der Waals surface area (Å²) >= 11 is 0. The number of carbonyl (C=O) groups excluding carboxylic acids is 1. The predicted octanol–water partition coefficient (Wildman–Crippen LogP) is 3.19. The van der Waals surface area contributed by atoms with Crippen LogP contribution in [0.15, 0.2) is 24.3 Å². The van der Waals surface area contributed by atoms with E-state index >= 15 is 0 Å². The number of benzene rings is 1. The lowest BCUT2D eigenvalue weighted by molar-refractivity contribution is 0.166. The molecule has 0 bridgehead atoms. The van der Waals surface area contributed by atoms with Crippen molar-refractivity contribution < 1.29 is 9.90 Å². The summed E-state index contributed by atoms with van der Waals surface area (Å²) in [5, 5.41) is 12.6. The lowest BCUT2D eigenvalue weighted by atomic mass is 10.1. The fraction of sp³-hybridized carbons (Fsp3) is 0.650. The molecule has 5 heteroatoms. The average Bonchev–Trinajstić information content (AvgIpc) is 3.27. The van der Waals surface area contributed by atoms with Crippen molar-refractivity contribution >= 4 is 6.03 Å². The number of nitrogens with zero attached hydrogens (tertiary/aromatic N) is 2. The number of urea groups is 1. The zero-order valence-corrected chi connectivity index (χ0v) is 15.7. The van der Waals surface area contributed by atoms with E-state index in [0.29, 0.717) is 18.5 Å². The molecule has 1 aliphatic heterocycles. The number of hydrogen-bond donors (Lipinski definition) is 2. The molecular formula is C20H31N3O2. The topological polar surface area (TPSA) is 55.8 Å². The van der Waals surface area contributed by atoms with E-state index in [0.717, 1.165) is 44.5 Å². The van der Waals surface area contributed by atoms with Crippen LogP contribution in [0.5, 0.6) is 5.75 Å². The van der Waals surface area contributed by atoms with Crippen LogP contribution in [-0.4, -0.2) is 52.2 Å². The molecule has 0 spiro atoms. The Bertz CT molecular complexity index is 590. The number of likely N-dealkylation sites (tertiary alicyclic amines) is 1. The van der Waals surface area contributed by atoms with Gasteiger partial charge in [0.25, 0.3) is 0 Å². The zero-order valence-electron chi connectivity index (χ0n) is 15.7. The molecule has 1 aliphatic carbocycles. The average molecular weight is 345 g/mol. The summed E-state index contributed by atoms with van der Waals surface area (Å²) in [6, 6.07) is 7.54. The molecule has 1 aromatic carbocycles. The summed E-state index contributed by atoms with van der Waals surface area (Å²) in [6.07, 6.45) is 3.33. The monoisotopic (exact) mass is 345 g/mol. The minimum absolute atomic E-state index is 0.0461. The molecule has 5 nitrogen and oxygen atoms in total. The van der Waals surface area contributed by atoms with Gasteiger partial charge in [-0.25, -0.2) is 4.79 Å². The Morgan fingerprint density at radius 2 is 1.92 bits per heavy atom. The second kappa shape index (κ2) is 7.24. The van der Waals surface area contributed by atoms with Crippen molar-refractivity contribution in [1.29, 1.82) is 0 Å². The van der Waals surface area contributed by atoms with E-state index in [4.69, 9.17) is 0 Å². The van der Waals surface area contributed by atoms with Gasteiger partial charge >= 0.3 is 6.03 Å².